The van der Waals surface area contributed by atoms with E-state index in [0.717, 1.165) is 30.6 Å². The lowest BCUT2D eigenvalue weighted by Gasteiger charge is -2.33. The Bertz CT molecular complexity index is 872. The normalized spacial score (nSPS) is 13.1. The predicted octanol–water partition coefficient (Wildman–Crippen LogP) is 5.70. The number of nitrogens with one attached hydrogen (secondary N) is 1. The zero-order valence-electron chi connectivity index (χ0n) is 21.4. The van der Waals surface area contributed by atoms with Crippen molar-refractivity contribution in [3.63, 3.8) is 0 Å². The zero-order valence-corrected chi connectivity index (χ0v) is 21.4. The lowest BCUT2D eigenvalue weighted by atomic mass is 9.89. The average Bonchev–Trinajstić information content (AvgIpc) is 2.81. The number of ether oxygens (including phenoxy) is 3. The number of alkyl carbamates (subject to hydrolysis) is 1. The maximum atomic E-state index is 12.3. The average molecular weight is 472 g/mol. The van der Waals surface area contributed by atoms with Crippen LogP contribution in [0, 0.1) is 0 Å². The molecule has 6 heteroatoms. The van der Waals surface area contributed by atoms with Gasteiger partial charge in [0.15, 0.2) is 11.5 Å². The van der Waals surface area contributed by atoms with Crippen molar-refractivity contribution in [1.82, 2.24) is 5.32 Å². The Hall–Kier alpha value is -2.73. The van der Waals surface area contributed by atoms with E-state index in [1.165, 1.54) is 5.56 Å². The van der Waals surface area contributed by atoms with Crippen LogP contribution in [-0.4, -0.2) is 42.7 Å². The molecule has 0 spiro atoms. The molecule has 1 amide bonds. The maximum Gasteiger partial charge on any atom is 0.408 e. The van der Waals surface area contributed by atoms with Gasteiger partial charge in [-0.1, -0.05) is 43.3 Å². The third-order valence-electron chi connectivity index (χ3n) is 5.83. The molecule has 0 saturated heterocycles. The number of aryl methyl sites for hydroxylation is 2. The van der Waals surface area contributed by atoms with E-state index in [4.69, 9.17) is 14.2 Å². The van der Waals surface area contributed by atoms with Gasteiger partial charge < -0.3 is 24.6 Å². The van der Waals surface area contributed by atoms with E-state index in [1.54, 1.807) is 7.11 Å². The summed E-state index contributed by atoms with van der Waals surface area (Å²) >= 11 is 0. The van der Waals surface area contributed by atoms with Crippen LogP contribution in [0.3, 0.4) is 0 Å². The Morgan fingerprint density at radius 1 is 0.971 bits per heavy atom. The molecule has 2 aromatic rings. The Morgan fingerprint density at radius 2 is 1.71 bits per heavy atom. The molecule has 0 aliphatic rings. The van der Waals surface area contributed by atoms with Crippen molar-refractivity contribution in [3.05, 3.63) is 59.7 Å². The van der Waals surface area contributed by atoms with Crippen LogP contribution in [0.25, 0.3) is 0 Å². The first-order chi connectivity index (χ1) is 16.2. The number of carbonyl (C=O) groups excluding carboxylic acids is 1. The number of unbranched alkanes of at least 4 members (excludes halogenated alkanes) is 1. The highest BCUT2D eigenvalue weighted by atomic mass is 16.6. The number of hydrogen-bond donors (Lipinski definition) is 2. The van der Waals surface area contributed by atoms with Gasteiger partial charge >= 0.3 is 6.09 Å². The molecule has 0 aromatic heterocycles. The molecule has 0 radical (unpaired) electrons. The fraction of sp³-hybridized carbons (Fsp3) is 0.536. The van der Waals surface area contributed by atoms with E-state index in [0.29, 0.717) is 31.6 Å². The molecule has 0 bridgehead atoms. The second-order valence-corrected chi connectivity index (χ2v) is 9.70. The smallest absolute Gasteiger partial charge is 0.408 e. The van der Waals surface area contributed by atoms with Gasteiger partial charge in [0, 0.05) is 0 Å². The van der Waals surface area contributed by atoms with E-state index in [-0.39, 0.29) is 6.61 Å². The fourth-order valence-corrected chi connectivity index (χ4v) is 3.71. The summed E-state index contributed by atoms with van der Waals surface area (Å²) in [7, 11) is 1.63. The van der Waals surface area contributed by atoms with E-state index >= 15 is 0 Å². The molecule has 0 saturated carbocycles. The van der Waals surface area contributed by atoms with Crippen LogP contribution < -0.4 is 14.8 Å². The minimum Gasteiger partial charge on any atom is -0.493 e. The van der Waals surface area contributed by atoms with E-state index in [1.807, 2.05) is 52.0 Å². The molecule has 2 N–H and O–H groups in total. The minimum atomic E-state index is -0.747. The first-order valence-electron chi connectivity index (χ1n) is 12.2. The summed E-state index contributed by atoms with van der Waals surface area (Å²) in [6, 6.07) is 16.4. The number of hydrogen-bond acceptors (Lipinski definition) is 5. The lowest BCUT2D eigenvalue weighted by molar-refractivity contribution is 0.0380. The van der Waals surface area contributed by atoms with Crippen LogP contribution in [0.4, 0.5) is 4.79 Å². The van der Waals surface area contributed by atoms with Gasteiger partial charge in [-0.2, -0.15) is 0 Å². The molecule has 34 heavy (non-hydrogen) atoms. The van der Waals surface area contributed by atoms with Crippen LogP contribution in [0.5, 0.6) is 11.5 Å². The molecule has 0 aliphatic carbocycles. The fourth-order valence-electron chi connectivity index (χ4n) is 3.71. The highest BCUT2D eigenvalue weighted by Gasteiger charge is 2.31. The van der Waals surface area contributed by atoms with Gasteiger partial charge in [-0.3, -0.25) is 0 Å². The molecule has 6 nitrogen and oxygen atoms in total. The number of benzene rings is 2. The summed E-state index contributed by atoms with van der Waals surface area (Å²) in [4.78, 5) is 12.3. The van der Waals surface area contributed by atoms with Gasteiger partial charge in [0.2, 0.25) is 0 Å². The number of rotatable bonds is 13. The van der Waals surface area contributed by atoms with E-state index in [9.17, 15) is 9.90 Å². The Kier molecular flexibility index (Phi) is 10.7. The van der Waals surface area contributed by atoms with Crippen LogP contribution in [0.2, 0.25) is 0 Å². The summed E-state index contributed by atoms with van der Waals surface area (Å²) in [6.07, 6.45) is 4.38. The van der Waals surface area contributed by atoms with Crippen molar-refractivity contribution in [2.24, 2.45) is 0 Å². The predicted molar refractivity (Wildman–Crippen MR) is 136 cm³/mol. The molecule has 1 atom stereocenters. The maximum absolute atomic E-state index is 12.3. The van der Waals surface area contributed by atoms with Crippen molar-refractivity contribution in [1.29, 1.82) is 0 Å². The van der Waals surface area contributed by atoms with Crippen LogP contribution in [0.15, 0.2) is 48.5 Å². The van der Waals surface area contributed by atoms with Crippen LogP contribution in [0.1, 0.15) is 64.5 Å². The van der Waals surface area contributed by atoms with Gasteiger partial charge in [-0.15, -0.1) is 0 Å². The number of aliphatic hydroxyl groups is 1. The Labute approximate surface area is 204 Å². The van der Waals surface area contributed by atoms with E-state index < -0.39 is 17.2 Å². The van der Waals surface area contributed by atoms with Gasteiger partial charge in [0.05, 0.1) is 25.9 Å². The number of aliphatic hydroxyl groups excluding tert-OH is 1. The molecule has 0 aliphatic heterocycles. The quantitative estimate of drug-likeness (QED) is 0.367. The molecule has 0 fully saturated rings. The molecule has 0 heterocycles. The summed E-state index contributed by atoms with van der Waals surface area (Å²) < 4.78 is 16.9. The SMILES string of the molecule is CC[C@](CO)(CCc1ccc(OCCCCc2ccccc2)c(OC)c1)NC(=O)OC(C)(C)C. The van der Waals surface area contributed by atoms with Crippen molar-refractivity contribution in [2.45, 2.75) is 77.4 Å². The molecule has 2 rings (SSSR count). The topological polar surface area (TPSA) is 77.0 Å². The minimum absolute atomic E-state index is 0.163. The highest BCUT2D eigenvalue weighted by molar-refractivity contribution is 5.68. The number of carbonyl (C=O) groups is 1. The monoisotopic (exact) mass is 471 g/mol. The van der Waals surface area contributed by atoms with Gasteiger partial charge in [0.1, 0.15) is 5.60 Å². The van der Waals surface area contributed by atoms with Crippen LogP contribution in [-0.2, 0) is 17.6 Å². The second kappa shape index (κ2) is 13.2. The Morgan fingerprint density at radius 3 is 2.32 bits per heavy atom. The van der Waals surface area contributed by atoms with Crippen molar-refractivity contribution >= 4 is 6.09 Å². The first-order valence-corrected chi connectivity index (χ1v) is 12.2. The molecular formula is C28H41NO5. The molecule has 0 unspecified atom stereocenters. The number of methoxy groups -OCH3 is 1. The van der Waals surface area contributed by atoms with Gasteiger partial charge in [-0.25, -0.2) is 4.79 Å². The lowest BCUT2D eigenvalue weighted by Crippen LogP contribution is -2.52. The van der Waals surface area contributed by atoms with Crippen molar-refractivity contribution < 1.29 is 24.1 Å². The zero-order chi connectivity index (χ0) is 25.0. The third-order valence-corrected chi connectivity index (χ3v) is 5.83. The standard InChI is InChI=1S/C28H41NO5/c1-6-28(21-30,29-26(31)34-27(2,3)4)18-17-23-15-16-24(25(20-23)32-5)33-19-11-10-14-22-12-8-7-9-13-22/h7-9,12-13,15-16,20,30H,6,10-11,14,17-19,21H2,1-5H3,(H,29,31)/t28-/m1/s1. The molecule has 188 valence electrons. The summed E-state index contributed by atoms with van der Waals surface area (Å²) in [6.45, 7) is 7.87. The third kappa shape index (κ3) is 9.26. The van der Waals surface area contributed by atoms with Crippen molar-refractivity contribution in [2.75, 3.05) is 20.3 Å². The largest absolute Gasteiger partial charge is 0.493 e. The van der Waals surface area contributed by atoms with Gasteiger partial charge in [-0.05, 0) is 82.6 Å². The Balaban J connectivity index is 1.89. The second-order valence-electron chi connectivity index (χ2n) is 9.70. The van der Waals surface area contributed by atoms with E-state index in [2.05, 4.69) is 29.6 Å². The van der Waals surface area contributed by atoms with Crippen LogP contribution >= 0.6 is 0 Å². The summed E-state index contributed by atoms with van der Waals surface area (Å²) in [5.41, 5.74) is 1.05. The highest BCUT2D eigenvalue weighted by Crippen LogP contribution is 2.30. The summed E-state index contributed by atoms with van der Waals surface area (Å²) in [5.74, 6) is 1.41. The molecular weight excluding hydrogens is 430 g/mol. The first kappa shape index (κ1) is 27.5. The van der Waals surface area contributed by atoms with Gasteiger partial charge in [0.25, 0.3) is 0 Å². The number of amides is 1. The molecule has 2 aromatic carbocycles. The van der Waals surface area contributed by atoms with Crippen molar-refractivity contribution in [3.8, 4) is 11.5 Å². The summed E-state index contributed by atoms with van der Waals surface area (Å²) in [5, 5.41) is 12.9.